The van der Waals surface area contributed by atoms with E-state index < -0.39 is 0 Å². The minimum absolute atomic E-state index is 0.199. The van der Waals surface area contributed by atoms with E-state index in [1.807, 2.05) is 13.1 Å². The van der Waals surface area contributed by atoms with Crippen LogP contribution in [0.4, 0.5) is 5.82 Å². The second kappa shape index (κ2) is 4.63. The fourth-order valence-corrected chi connectivity index (χ4v) is 1.63. The van der Waals surface area contributed by atoms with E-state index in [2.05, 4.69) is 5.10 Å². The molecule has 15 heavy (non-hydrogen) atoms. The second-order valence-corrected chi connectivity index (χ2v) is 3.87. The van der Waals surface area contributed by atoms with Crippen LogP contribution < -0.4 is 5.73 Å². The first-order valence-electron chi connectivity index (χ1n) is 5.24. The van der Waals surface area contributed by atoms with Gasteiger partial charge in [0, 0.05) is 18.4 Å². The zero-order valence-electron chi connectivity index (χ0n) is 8.98. The molecule has 1 atom stereocenters. The molecule has 5 nitrogen and oxygen atoms in total. The van der Waals surface area contributed by atoms with Gasteiger partial charge in [0.05, 0.1) is 12.7 Å². The molecule has 0 aromatic carbocycles. The zero-order valence-corrected chi connectivity index (χ0v) is 8.98. The molecule has 2 heterocycles. The normalized spacial score (nSPS) is 21.8. The third kappa shape index (κ3) is 2.70. The molecule has 1 aromatic rings. The smallest absolute Gasteiger partial charge is 0.148 e. The van der Waals surface area contributed by atoms with Crippen molar-refractivity contribution in [3.8, 4) is 0 Å². The van der Waals surface area contributed by atoms with Gasteiger partial charge in [-0.1, -0.05) is 0 Å². The lowest BCUT2D eigenvalue weighted by molar-refractivity contribution is -0.0760. The Morgan fingerprint density at radius 2 is 2.60 bits per heavy atom. The van der Waals surface area contributed by atoms with E-state index in [-0.39, 0.29) is 6.10 Å². The third-order valence-corrected chi connectivity index (χ3v) is 2.54. The Morgan fingerprint density at radius 3 is 3.20 bits per heavy atom. The number of nitrogen functional groups attached to an aromatic ring is 1. The number of ether oxygens (including phenoxy) is 2. The van der Waals surface area contributed by atoms with Crippen LogP contribution in [0.25, 0.3) is 0 Å². The Hall–Kier alpha value is -1.07. The van der Waals surface area contributed by atoms with E-state index >= 15 is 0 Å². The summed E-state index contributed by atoms with van der Waals surface area (Å²) in [5, 5.41) is 4.12. The highest BCUT2D eigenvalue weighted by Crippen LogP contribution is 2.11. The van der Waals surface area contributed by atoms with Gasteiger partial charge in [-0.15, -0.1) is 0 Å². The molecule has 1 aliphatic heterocycles. The molecule has 2 N–H and O–H groups in total. The molecule has 1 fully saturated rings. The Balaban J connectivity index is 1.81. The van der Waals surface area contributed by atoms with Crippen molar-refractivity contribution in [3.05, 3.63) is 11.8 Å². The Bertz CT molecular complexity index is 299. The number of nitrogens with zero attached hydrogens (tertiary/aromatic N) is 2. The number of aromatic nitrogens is 2. The summed E-state index contributed by atoms with van der Waals surface area (Å²) in [4.78, 5) is 0. The van der Waals surface area contributed by atoms with Gasteiger partial charge in [-0.2, -0.15) is 5.10 Å². The summed E-state index contributed by atoms with van der Waals surface area (Å²) in [5.41, 5.74) is 6.62. The molecule has 0 aliphatic carbocycles. The van der Waals surface area contributed by atoms with Crippen molar-refractivity contribution >= 4 is 5.82 Å². The van der Waals surface area contributed by atoms with Crippen LogP contribution in [0, 0.1) is 6.92 Å². The molecular formula is C10H17N3O2. The summed E-state index contributed by atoms with van der Waals surface area (Å²) in [7, 11) is 0. The molecule has 5 heteroatoms. The van der Waals surface area contributed by atoms with Crippen molar-refractivity contribution in [1.82, 2.24) is 9.78 Å². The fraction of sp³-hybridized carbons (Fsp3) is 0.700. The SMILES string of the molecule is Cc1cn(COC2CCCOC2)nc1N. The van der Waals surface area contributed by atoms with Gasteiger partial charge in [-0.3, -0.25) is 0 Å². The molecule has 0 radical (unpaired) electrons. The van der Waals surface area contributed by atoms with Crippen LogP contribution in [0.3, 0.4) is 0 Å². The highest BCUT2D eigenvalue weighted by molar-refractivity contribution is 5.35. The van der Waals surface area contributed by atoms with Gasteiger partial charge in [-0.25, -0.2) is 4.68 Å². The molecule has 0 saturated carbocycles. The van der Waals surface area contributed by atoms with E-state index in [0.717, 1.165) is 25.0 Å². The fourth-order valence-electron chi connectivity index (χ4n) is 1.63. The van der Waals surface area contributed by atoms with Crippen molar-refractivity contribution in [2.24, 2.45) is 0 Å². The largest absolute Gasteiger partial charge is 0.382 e. The number of anilines is 1. The van der Waals surface area contributed by atoms with Gasteiger partial charge in [0.15, 0.2) is 0 Å². The monoisotopic (exact) mass is 211 g/mol. The highest BCUT2D eigenvalue weighted by atomic mass is 16.5. The van der Waals surface area contributed by atoms with Gasteiger partial charge < -0.3 is 15.2 Å². The van der Waals surface area contributed by atoms with E-state index in [4.69, 9.17) is 15.2 Å². The average Bonchev–Trinajstić information content (AvgIpc) is 2.57. The van der Waals surface area contributed by atoms with Crippen molar-refractivity contribution in [3.63, 3.8) is 0 Å². The lowest BCUT2D eigenvalue weighted by atomic mass is 10.2. The van der Waals surface area contributed by atoms with Crippen molar-refractivity contribution in [2.75, 3.05) is 18.9 Å². The molecule has 1 aliphatic rings. The molecular weight excluding hydrogens is 194 g/mol. The maximum absolute atomic E-state index is 5.66. The van der Waals surface area contributed by atoms with Gasteiger partial charge in [0.2, 0.25) is 0 Å². The molecule has 1 aromatic heterocycles. The molecule has 1 unspecified atom stereocenters. The van der Waals surface area contributed by atoms with Gasteiger partial charge in [0.25, 0.3) is 0 Å². The Morgan fingerprint density at radius 1 is 1.73 bits per heavy atom. The van der Waals surface area contributed by atoms with E-state index in [1.54, 1.807) is 4.68 Å². The van der Waals surface area contributed by atoms with Crippen LogP contribution in [0.2, 0.25) is 0 Å². The number of hydrogen-bond donors (Lipinski definition) is 1. The summed E-state index contributed by atoms with van der Waals surface area (Å²) in [6.07, 6.45) is 4.23. The number of hydrogen-bond acceptors (Lipinski definition) is 4. The van der Waals surface area contributed by atoms with Gasteiger partial charge >= 0.3 is 0 Å². The van der Waals surface area contributed by atoms with E-state index in [1.165, 1.54) is 0 Å². The summed E-state index contributed by atoms with van der Waals surface area (Å²) < 4.78 is 12.7. The van der Waals surface area contributed by atoms with Crippen molar-refractivity contribution < 1.29 is 9.47 Å². The maximum Gasteiger partial charge on any atom is 0.148 e. The van der Waals surface area contributed by atoms with Crippen molar-refractivity contribution in [2.45, 2.75) is 32.6 Å². The minimum atomic E-state index is 0.199. The zero-order chi connectivity index (χ0) is 10.7. The van der Waals surface area contributed by atoms with Crippen LogP contribution in [0.5, 0.6) is 0 Å². The summed E-state index contributed by atoms with van der Waals surface area (Å²) in [5.74, 6) is 0.568. The lowest BCUT2D eigenvalue weighted by Crippen LogP contribution is -2.26. The Labute approximate surface area is 89.2 Å². The highest BCUT2D eigenvalue weighted by Gasteiger charge is 2.14. The maximum atomic E-state index is 5.66. The van der Waals surface area contributed by atoms with Crippen LogP contribution >= 0.6 is 0 Å². The molecule has 0 spiro atoms. The summed E-state index contributed by atoms with van der Waals surface area (Å²) >= 11 is 0. The number of aryl methyl sites for hydroxylation is 1. The number of nitrogens with two attached hydrogens (primary N) is 1. The quantitative estimate of drug-likeness (QED) is 0.807. The standard InChI is InChI=1S/C10H17N3O2/c1-8-5-13(12-10(8)11)7-15-9-3-2-4-14-6-9/h5,9H,2-4,6-7H2,1H3,(H2,11,12). The summed E-state index contributed by atoms with van der Waals surface area (Å²) in [6.45, 7) is 3.93. The van der Waals surface area contributed by atoms with Crippen LogP contribution in [0.1, 0.15) is 18.4 Å². The van der Waals surface area contributed by atoms with Crippen molar-refractivity contribution in [1.29, 1.82) is 0 Å². The average molecular weight is 211 g/mol. The number of rotatable bonds is 3. The summed E-state index contributed by atoms with van der Waals surface area (Å²) in [6, 6.07) is 0. The first kappa shape index (κ1) is 10.4. The van der Waals surface area contributed by atoms with Gasteiger partial charge in [0.1, 0.15) is 12.5 Å². The Kier molecular flexibility index (Phi) is 3.23. The third-order valence-electron chi connectivity index (χ3n) is 2.54. The second-order valence-electron chi connectivity index (χ2n) is 3.87. The minimum Gasteiger partial charge on any atom is -0.382 e. The molecule has 0 bridgehead atoms. The van der Waals surface area contributed by atoms with Gasteiger partial charge in [-0.05, 0) is 19.8 Å². The van der Waals surface area contributed by atoms with E-state index in [9.17, 15) is 0 Å². The van der Waals surface area contributed by atoms with E-state index in [0.29, 0.717) is 19.2 Å². The predicted molar refractivity (Wildman–Crippen MR) is 56.3 cm³/mol. The molecule has 2 rings (SSSR count). The topological polar surface area (TPSA) is 62.3 Å². The van der Waals surface area contributed by atoms with Crippen LogP contribution in [-0.4, -0.2) is 29.1 Å². The van der Waals surface area contributed by atoms with Crippen LogP contribution in [0.15, 0.2) is 6.20 Å². The first-order chi connectivity index (χ1) is 7.25. The van der Waals surface area contributed by atoms with Crippen LogP contribution in [-0.2, 0) is 16.2 Å². The molecule has 1 saturated heterocycles. The predicted octanol–water partition coefficient (Wildman–Crippen LogP) is 0.927. The molecule has 84 valence electrons. The lowest BCUT2D eigenvalue weighted by Gasteiger charge is -2.22. The molecule has 0 amide bonds. The first-order valence-corrected chi connectivity index (χ1v) is 5.24.